The second-order valence-electron chi connectivity index (χ2n) is 7.64. The summed E-state index contributed by atoms with van der Waals surface area (Å²) in [6.07, 6.45) is 0. The van der Waals surface area contributed by atoms with Crippen molar-refractivity contribution < 1.29 is 14.3 Å². The van der Waals surface area contributed by atoms with Gasteiger partial charge < -0.3 is 19.9 Å². The number of ether oxygens (including phenoxy) is 1. The van der Waals surface area contributed by atoms with E-state index >= 15 is 0 Å². The Morgan fingerprint density at radius 2 is 1.70 bits per heavy atom. The van der Waals surface area contributed by atoms with Gasteiger partial charge >= 0.3 is 0 Å². The molecular formula is C25H23BrClN3O3. The lowest BCUT2D eigenvalue weighted by Gasteiger charge is -2.36. The van der Waals surface area contributed by atoms with Gasteiger partial charge in [0.05, 0.1) is 12.7 Å². The van der Waals surface area contributed by atoms with Crippen molar-refractivity contribution in [2.45, 2.75) is 0 Å². The largest absolute Gasteiger partial charge is 0.496 e. The number of carbonyl (C=O) groups excluding carboxylic acids is 2. The summed E-state index contributed by atoms with van der Waals surface area (Å²) >= 11 is 9.47. The molecule has 4 rings (SSSR count). The van der Waals surface area contributed by atoms with E-state index in [9.17, 15) is 9.59 Å². The number of amides is 2. The highest BCUT2D eigenvalue weighted by atomic mass is 79.9. The van der Waals surface area contributed by atoms with Crippen molar-refractivity contribution in [3.63, 3.8) is 0 Å². The summed E-state index contributed by atoms with van der Waals surface area (Å²) in [6.45, 7) is 2.60. The highest BCUT2D eigenvalue weighted by Gasteiger charge is 2.24. The monoisotopic (exact) mass is 527 g/mol. The van der Waals surface area contributed by atoms with Gasteiger partial charge in [-0.1, -0.05) is 33.6 Å². The molecule has 0 aliphatic carbocycles. The zero-order valence-electron chi connectivity index (χ0n) is 18.1. The average molecular weight is 529 g/mol. The lowest BCUT2D eigenvalue weighted by Crippen LogP contribution is -2.48. The van der Waals surface area contributed by atoms with Crippen molar-refractivity contribution in [1.82, 2.24) is 4.90 Å². The molecule has 0 unspecified atom stereocenters. The Morgan fingerprint density at radius 3 is 2.36 bits per heavy atom. The molecule has 1 aliphatic rings. The lowest BCUT2D eigenvalue weighted by molar-refractivity contribution is 0.0743. The van der Waals surface area contributed by atoms with Gasteiger partial charge in [-0.3, -0.25) is 9.59 Å². The Labute approximate surface area is 206 Å². The molecule has 0 atom stereocenters. The van der Waals surface area contributed by atoms with Crippen LogP contribution in [0.3, 0.4) is 0 Å². The topological polar surface area (TPSA) is 61.9 Å². The minimum atomic E-state index is -0.160. The third-order valence-electron chi connectivity index (χ3n) is 5.54. The molecule has 1 N–H and O–H groups in total. The lowest BCUT2D eigenvalue weighted by atomic mass is 10.1. The smallest absolute Gasteiger partial charge is 0.257 e. The molecule has 0 aromatic heterocycles. The number of nitrogens with one attached hydrogen (secondary N) is 1. The summed E-state index contributed by atoms with van der Waals surface area (Å²) in [4.78, 5) is 29.5. The van der Waals surface area contributed by atoms with Gasteiger partial charge in [0.25, 0.3) is 11.8 Å². The zero-order valence-corrected chi connectivity index (χ0v) is 20.4. The number of piperazine rings is 1. The minimum absolute atomic E-state index is 0.0837. The SMILES string of the molecule is COc1ccc(Cl)cc1C(=O)N1CCN(c2ccc(NC(=O)c3cccc(Br)c3)cc2)CC1. The number of methoxy groups -OCH3 is 1. The van der Waals surface area contributed by atoms with Gasteiger partial charge in [0.15, 0.2) is 0 Å². The first-order valence-electron chi connectivity index (χ1n) is 10.5. The van der Waals surface area contributed by atoms with E-state index in [1.807, 2.05) is 41.3 Å². The Morgan fingerprint density at radius 1 is 0.970 bits per heavy atom. The molecule has 8 heteroatoms. The van der Waals surface area contributed by atoms with E-state index in [2.05, 4.69) is 26.1 Å². The van der Waals surface area contributed by atoms with Crippen molar-refractivity contribution >= 4 is 50.7 Å². The molecule has 1 fully saturated rings. The van der Waals surface area contributed by atoms with Gasteiger partial charge in [-0.25, -0.2) is 0 Å². The van der Waals surface area contributed by atoms with Crippen LogP contribution in [-0.2, 0) is 0 Å². The van der Waals surface area contributed by atoms with Crippen LogP contribution in [0.4, 0.5) is 11.4 Å². The summed E-state index contributed by atoms with van der Waals surface area (Å²) < 4.78 is 6.18. The maximum absolute atomic E-state index is 13.0. The first kappa shape index (κ1) is 23.1. The highest BCUT2D eigenvalue weighted by Crippen LogP contribution is 2.26. The van der Waals surface area contributed by atoms with Crippen LogP contribution in [0.25, 0.3) is 0 Å². The molecule has 1 heterocycles. The molecule has 0 radical (unpaired) electrons. The van der Waals surface area contributed by atoms with Gasteiger partial charge in [0.1, 0.15) is 5.75 Å². The molecule has 6 nitrogen and oxygen atoms in total. The van der Waals surface area contributed by atoms with Crippen LogP contribution in [0.5, 0.6) is 5.75 Å². The van der Waals surface area contributed by atoms with Crippen LogP contribution in [-0.4, -0.2) is 50.0 Å². The predicted octanol–water partition coefficient (Wildman–Crippen LogP) is 5.33. The standard InChI is InChI=1S/C25H23BrClN3O3/c1-33-23-10-5-19(27)16-22(23)25(32)30-13-11-29(12-14-30)21-8-6-20(7-9-21)28-24(31)17-3-2-4-18(26)15-17/h2-10,15-16H,11-14H2,1H3,(H,28,31). The highest BCUT2D eigenvalue weighted by molar-refractivity contribution is 9.10. The van der Waals surface area contributed by atoms with Crippen molar-refractivity contribution in [3.05, 3.63) is 87.4 Å². The number of anilines is 2. The van der Waals surface area contributed by atoms with Crippen molar-refractivity contribution in [2.24, 2.45) is 0 Å². The molecule has 1 saturated heterocycles. The third kappa shape index (κ3) is 5.49. The van der Waals surface area contributed by atoms with E-state index < -0.39 is 0 Å². The Balaban J connectivity index is 1.36. The van der Waals surface area contributed by atoms with Gasteiger partial charge in [0, 0.05) is 52.6 Å². The molecule has 170 valence electrons. The normalized spacial score (nSPS) is 13.5. The van der Waals surface area contributed by atoms with E-state index in [1.165, 1.54) is 0 Å². The van der Waals surface area contributed by atoms with E-state index in [-0.39, 0.29) is 11.8 Å². The van der Waals surface area contributed by atoms with Gasteiger partial charge in [-0.15, -0.1) is 0 Å². The summed E-state index contributed by atoms with van der Waals surface area (Å²) in [5.74, 6) is 0.277. The number of rotatable bonds is 5. The first-order chi connectivity index (χ1) is 15.9. The molecule has 1 aliphatic heterocycles. The van der Waals surface area contributed by atoms with Crippen molar-refractivity contribution in [3.8, 4) is 5.75 Å². The third-order valence-corrected chi connectivity index (χ3v) is 6.26. The second-order valence-corrected chi connectivity index (χ2v) is 8.99. The van der Waals surface area contributed by atoms with Crippen molar-refractivity contribution in [2.75, 3.05) is 43.5 Å². The maximum Gasteiger partial charge on any atom is 0.257 e. The van der Waals surface area contributed by atoms with Crippen LogP contribution in [0.2, 0.25) is 5.02 Å². The molecule has 3 aromatic rings. The van der Waals surface area contributed by atoms with Crippen LogP contribution in [0.15, 0.2) is 71.2 Å². The Kier molecular flexibility index (Phi) is 7.20. The van der Waals surface area contributed by atoms with E-state index in [4.69, 9.17) is 16.3 Å². The number of hydrogen-bond donors (Lipinski definition) is 1. The predicted molar refractivity (Wildman–Crippen MR) is 135 cm³/mol. The summed E-state index contributed by atoms with van der Waals surface area (Å²) in [5, 5.41) is 3.42. The summed E-state index contributed by atoms with van der Waals surface area (Å²) in [7, 11) is 1.54. The van der Waals surface area contributed by atoms with E-state index in [0.717, 1.165) is 15.8 Å². The molecule has 0 saturated carbocycles. The maximum atomic E-state index is 13.0. The second kappa shape index (κ2) is 10.3. The van der Waals surface area contributed by atoms with Crippen LogP contribution >= 0.6 is 27.5 Å². The number of carbonyl (C=O) groups is 2. The zero-order chi connectivity index (χ0) is 23.4. The van der Waals surface area contributed by atoms with E-state index in [1.54, 1.807) is 37.4 Å². The van der Waals surface area contributed by atoms with Gasteiger partial charge in [0.2, 0.25) is 0 Å². The quantitative estimate of drug-likeness (QED) is 0.487. The number of nitrogens with zero attached hydrogens (tertiary/aromatic N) is 2. The number of halogens is 2. The Hall–Kier alpha value is -3.03. The molecule has 3 aromatic carbocycles. The fourth-order valence-electron chi connectivity index (χ4n) is 3.77. The van der Waals surface area contributed by atoms with Crippen LogP contribution in [0, 0.1) is 0 Å². The molecular weight excluding hydrogens is 506 g/mol. The van der Waals surface area contributed by atoms with Crippen LogP contribution < -0.4 is 15.0 Å². The van der Waals surface area contributed by atoms with E-state index in [0.29, 0.717) is 48.1 Å². The molecule has 0 bridgehead atoms. The summed E-state index contributed by atoms with van der Waals surface area (Å²) in [5.41, 5.74) is 2.84. The Bertz CT molecular complexity index is 1160. The van der Waals surface area contributed by atoms with Crippen molar-refractivity contribution in [1.29, 1.82) is 0 Å². The average Bonchev–Trinajstić information content (AvgIpc) is 2.84. The van der Waals surface area contributed by atoms with Crippen LogP contribution in [0.1, 0.15) is 20.7 Å². The molecule has 33 heavy (non-hydrogen) atoms. The molecule has 0 spiro atoms. The fraction of sp³-hybridized carbons (Fsp3) is 0.200. The number of hydrogen-bond acceptors (Lipinski definition) is 4. The summed E-state index contributed by atoms with van der Waals surface area (Å²) in [6, 6.07) is 20.1. The fourth-order valence-corrected chi connectivity index (χ4v) is 4.35. The first-order valence-corrected chi connectivity index (χ1v) is 11.7. The van der Waals surface area contributed by atoms with Gasteiger partial charge in [-0.2, -0.15) is 0 Å². The minimum Gasteiger partial charge on any atom is -0.496 e. The number of benzene rings is 3. The molecule has 2 amide bonds. The van der Waals surface area contributed by atoms with Gasteiger partial charge in [-0.05, 0) is 60.7 Å².